The third-order valence-corrected chi connectivity index (χ3v) is 3.36. The first-order chi connectivity index (χ1) is 10.6. The number of anilines is 1. The minimum absolute atomic E-state index is 0.0676. The predicted octanol–water partition coefficient (Wildman–Crippen LogP) is 1.95. The molecule has 2 heterocycles. The second-order valence-corrected chi connectivity index (χ2v) is 4.82. The second-order valence-electron chi connectivity index (χ2n) is 4.82. The molecule has 0 fully saturated rings. The summed E-state index contributed by atoms with van der Waals surface area (Å²) in [6, 6.07) is 7.99. The van der Waals surface area contributed by atoms with Crippen LogP contribution in [0.4, 0.5) is 5.82 Å². The fourth-order valence-corrected chi connectivity index (χ4v) is 2.30. The average Bonchev–Trinajstić information content (AvgIpc) is 2.84. The number of aromatic carboxylic acids is 1. The number of para-hydroxylation sites is 2. The maximum Gasteiger partial charge on any atom is 0.356 e. The minimum atomic E-state index is -1.08. The molecule has 2 aromatic heterocycles. The number of aryl methyl sites for hydroxylation is 1. The number of fused-ring (bicyclic) bond motifs is 1. The largest absolute Gasteiger partial charge is 0.476 e. The van der Waals surface area contributed by atoms with Crippen molar-refractivity contribution in [3.63, 3.8) is 0 Å². The summed E-state index contributed by atoms with van der Waals surface area (Å²) in [6.45, 7) is 3.35. The van der Waals surface area contributed by atoms with Gasteiger partial charge in [-0.05, 0) is 19.1 Å². The molecule has 3 aromatic rings. The summed E-state index contributed by atoms with van der Waals surface area (Å²) in [5, 5.41) is 11.9. The van der Waals surface area contributed by atoms with Gasteiger partial charge in [0, 0.05) is 13.1 Å². The van der Waals surface area contributed by atoms with Crippen LogP contribution in [0.3, 0.4) is 0 Å². The van der Waals surface area contributed by atoms with Crippen molar-refractivity contribution in [1.29, 1.82) is 0 Å². The van der Waals surface area contributed by atoms with E-state index >= 15 is 0 Å². The van der Waals surface area contributed by atoms with E-state index in [-0.39, 0.29) is 5.69 Å². The Morgan fingerprint density at radius 2 is 2.09 bits per heavy atom. The smallest absolute Gasteiger partial charge is 0.356 e. The average molecular weight is 297 g/mol. The number of aromatic nitrogens is 4. The Kier molecular flexibility index (Phi) is 3.69. The van der Waals surface area contributed by atoms with Crippen molar-refractivity contribution >= 4 is 22.8 Å². The molecule has 0 unspecified atom stereocenters. The van der Waals surface area contributed by atoms with E-state index in [0.29, 0.717) is 12.4 Å². The summed E-state index contributed by atoms with van der Waals surface area (Å²) in [4.78, 5) is 23.1. The Balaban J connectivity index is 1.67. The van der Waals surface area contributed by atoms with Crippen LogP contribution < -0.4 is 5.32 Å². The van der Waals surface area contributed by atoms with E-state index in [4.69, 9.17) is 5.11 Å². The topological polar surface area (TPSA) is 92.9 Å². The zero-order valence-electron chi connectivity index (χ0n) is 12.0. The maximum atomic E-state index is 10.7. The highest BCUT2D eigenvalue weighted by Gasteiger charge is 2.07. The van der Waals surface area contributed by atoms with Crippen LogP contribution in [0.15, 0.2) is 36.7 Å². The molecule has 0 radical (unpaired) electrons. The highest BCUT2D eigenvalue weighted by atomic mass is 16.4. The molecule has 0 spiro atoms. The monoisotopic (exact) mass is 297 g/mol. The number of carboxylic acid groups (broad SMARTS) is 1. The van der Waals surface area contributed by atoms with Crippen molar-refractivity contribution in [2.24, 2.45) is 0 Å². The van der Waals surface area contributed by atoms with Gasteiger partial charge in [-0.15, -0.1) is 0 Å². The van der Waals surface area contributed by atoms with Crippen LogP contribution in [-0.2, 0) is 6.54 Å². The molecule has 0 bridgehead atoms. The first-order valence-electron chi connectivity index (χ1n) is 6.86. The molecule has 1 aromatic carbocycles. The quantitative estimate of drug-likeness (QED) is 0.747. The van der Waals surface area contributed by atoms with Crippen LogP contribution in [0.5, 0.6) is 0 Å². The third-order valence-electron chi connectivity index (χ3n) is 3.36. The van der Waals surface area contributed by atoms with E-state index in [2.05, 4.69) is 24.8 Å². The Bertz CT molecular complexity index is 810. The van der Waals surface area contributed by atoms with E-state index < -0.39 is 5.97 Å². The van der Waals surface area contributed by atoms with Gasteiger partial charge in [0.05, 0.1) is 23.4 Å². The zero-order valence-corrected chi connectivity index (χ0v) is 12.0. The molecule has 0 saturated heterocycles. The molecular formula is C15H15N5O2. The minimum Gasteiger partial charge on any atom is -0.476 e. The number of carboxylic acids is 1. The van der Waals surface area contributed by atoms with Gasteiger partial charge in [-0.25, -0.2) is 19.7 Å². The molecule has 0 atom stereocenters. The summed E-state index contributed by atoms with van der Waals surface area (Å²) in [7, 11) is 0. The molecule has 7 heteroatoms. The SMILES string of the molecule is Cc1nc2ccccc2n1CCNc1cnc(C(=O)O)cn1. The first kappa shape index (κ1) is 14.0. The van der Waals surface area contributed by atoms with Gasteiger partial charge < -0.3 is 15.0 Å². The normalized spacial score (nSPS) is 10.8. The lowest BCUT2D eigenvalue weighted by molar-refractivity contribution is 0.0690. The van der Waals surface area contributed by atoms with Crippen LogP contribution in [0.25, 0.3) is 11.0 Å². The standard InChI is InChI=1S/C15H15N5O2/c1-10-19-11-4-2-3-5-13(11)20(10)7-6-16-14-9-17-12(8-18-14)15(21)22/h2-5,8-9H,6-7H2,1H3,(H,16,18)(H,21,22). The van der Waals surface area contributed by atoms with Gasteiger partial charge in [-0.3, -0.25) is 0 Å². The van der Waals surface area contributed by atoms with E-state index in [1.54, 1.807) is 0 Å². The predicted molar refractivity (Wildman–Crippen MR) is 82.0 cm³/mol. The fraction of sp³-hybridized carbons (Fsp3) is 0.200. The van der Waals surface area contributed by atoms with Crippen molar-refractivity contribution in [3.05, 3.63) is 48.2 Å². The Labute approximate surface area is 126 Å². The number of rotatable bonds is 5. The number of nitrogens with zero attached hydrogens (tertiary/aromatic N) is 4. The van der Waals surface area contributed by atoms with E-state index in [0.717, 1.165) is 23.4 Å². The molecule has 0 saturated carbocycles. The van der Waals surface area contributed by atoms with Crippen LogP contribution in [0, 0.1) is 6.92 Å². The number of imidazole rings is 1. The van der Waals surface area contributed by atoms with Gasteiger partial charge in [-0.1, -0.05) is 12.1 Å². The first-order valence-corrected chi connectivity index (χ1v) is 6.86. The lowest BCUT2D eigenvalue weighted by atomic mass is 10.3. The van der Waals surface area contributed by atoms with Crippen LogP contribution in [0.2, 0.25) is 0 Å². The van der Waals surface area contributed by atoms with Gasteiger partial charge in [0.15, 0.2) is 5.69 Å². The molecule has 22 heavy (non-hydrogen) atoms. The van der Waals surface area contributed by atoms with Gasteiger partial charge in [0.1, 0.15) is 11.6 Å². The summed E-state index contributed by atoms with van der Waals surface area (Å²) in [6.07, 6.45) is 2.66. The number of carbonyl (C=O) groups is 1. The van der Waals surface area contributed by atoms with Crippen LogP contribution in [0.1, 0.15) is 16.3 Å². The van der Waals surface area contributed by atoms with E-state index in [9.17, 15) is 4.79 Å². The molecular weight excluding hydrogens is 282 g/mol. The lowest BCUT2D eigenvalue weighted by Crippen LogP contribution is -2.13. The molecule has 0 amide bonds. The van der Waals surface area contributed by atoms with Crippen molar-refractivity contribution in [3.8, 4) is 0 Å². The molecule has 112 valence electrons. The molecule has 2 N–H and O–H groups in total. The fourth-order valence-electron chi connectivity index (χ4n) is 2.30. The van der Waals surface area contributed by atoms with E-state index in [1.807, 2.05) is 31.2 Å². The number of benzene rings is 1. The molecule has 3 rings (SSSR count). The molecule has 0 aliphatic carbocycles. The van der Waals surface area contributed by atoms with Crippen molar-refractivity contribution in [1.82, 2.24) is 19.5 Å². The summed E-state index contributed by atoms with van der Waals surface area (Å²) < 4.78 is 2.13. The van der Waals surface area contributed by atoms with Crippen molar-refractivity contribution in [2.75, 3.05) is 11.9 Å². The Morgan fingerprint density at radius 1 is 1.27 bits per heavy atom. The van der Waals surface area contributed by atoms with Gasteiger partial charge >= 0.3 is 5.97 Å². The zero-order chi connectivity index (χ0) is 15.5. The summed E-state index contributed by atoms with van der Waals surface area (Å²) in [5.41, 5.74) is 2.00. The van der Waals surface area contributed by atoms with Gasteiger partial charge in [0.25, 0.3) is 0 Å². The van der Waals surface area contributed by atoms with Gasteiger partial charge in [0.2, 0.25) is 0 Å². The lowest BCUT2D eigenvalue weighted by Gasteiger charge is -2.08. The number of nitrogens with one attached hydrogen (secondary N) is 1. The molecule has 7 nitrogen and oxygen atoms in total. The second kappa shape index (κ2) is 5.80. The van der Waals surface area contributed by atoms with Crippen molar-refractivity contribution in [2.45, 2.75) is 13.5 Å². The summed E-state index contributed by atoms with van der Waals surface area (Å²) >= 11 is 0. The van der Waals surface area contributed by atoms with Crippen LogP contribution >= 0.6 is 0 Å². The Morgan fingerprint density at radius 3 is 2.82 bits per heavy atom. The highest BCUT2D eigenvalue weighted by Crippen LogP contribution is 2.15. The Hall–Kier alpha value is -2.96. The number of hydrogen-bond acceptors (Lipinski definition) is 5. The van der Waals surface area contributed by atoms with E-state index in [1.165, 1.54) is 12.4 Å². The van der Waals surface area contributed by atoms with Gasteiger partial charge in [-0.2, -0.15) is 0 Å². The highest BCUT2D eigenvalue weighted by molar-refractivity contribution is 5.84. The molecule has 0 aliphatic heterocycles. The molecule has 0 aliphatic rings. The summed E-state index contributed by atoms with van der Waals surface area (Å²) in [5.74, 6) is 0.418. The van der Waals surface area contributed by atoms with Crippen LogP contribution in [-0.4, -0.2) is 37.1 Å². The third kappa shape index (κ3) is 2.73. The number of hydrogen-bond donors (Lipinski definition) is 2. The van der Waals surface area contributed by atoms with Crippen molar-refractivity contribution < 1.29 is 9.90 Å². The maximum absolute atomic E-state index is 10.7.